The van der Waals surface area contributed by atoms with Crippen LogP contribution in [0.25, 0.3) is 0 Å². The van der Waals surface area contributed by atoms with Crippen LogP contribution in [0, 0.1) is 0 Å². The zero-order valence-corrected chi connectivity index (χ0v) is 10.2. The van der Waals surface area contributed by atoms with Gasteiger partial charge >= 0.3 is 0 Å². The molecule has 1 aliphatic heterocycles. The van der Waals surface area contributed by atoms with E-state index in [1.165, 1.54) is 0 Å². The molecule has 0 aromatic rings. The second-order valence-electron chi connectivity index (χ2n) is 5.21. The Morgan fingerprint density at radius 1 is 1.36 bits per heavy atom. The lowest BCUT2D eigenvalue weighted by molar-refractivity contribution is 0.440. The SMILES string of the molecule is CC1(NS(=O)(=O)C(C)(C)C)CCNC1. The van der Waals surface area contributed by atoms with Gasteiger partial charge in [0.2, 0.25) is 10.0 Å². The molecule has 0 amide bonds. The molecule has 0 aromatic heterocycles. The minimum atomic E-state index is -3.23. The van der Waals surface area contributed by atoms with E-state index >= 15 is 0 Å². The third kappa shape index (κ3) is 2.46. The zero-order chi connectivity index (χ0) is 11.0. The Bertz CT molecular complexity index is 297. The Morgan fingerprint density at radius 2 is 1.93 bits per heavy atom. The van der Waals surface area contributed by atoms with Crippen molar-refractivity contribution in [2.24, 2.45) is 0 Å². The standard InChI is InChI=1S/C9H20N2O2S/c1-8(2,3)14(12,13)11-9(4)5-6-10-7-9/h10-11H,5-7H2,1-4H3. The fraction of sp³-hybridized carbons (Fsp3) is 1.00. The van der Waals surface area contributed by atoms with Gasteiger partial charge in [0.05, 0.1) is 4.75 Å². The fourth-order valence-corrected chi connectivity index (χ4v) is 2.51. The van der Waals surface area contributed by atoms with Gasteiger partial charge in [0.25, 0.3) is 0 Å². The maximum absolute atomic E-state index is 11.9. The summed E-state index contributed by atoms with van der Waals surface area (Å²) in [7, 11) is -3.23. The molecule has 1 unspecified atom stereocenters. The van der Waals surface area contributed by atoms with Gasteiger partial charge in [0.1, 0.15) is 0 Å². The molecule has 2 N–H and O–H groups in total. The Hall–Kier alpha value is -0.130. The van der Waals surface area contributed by atoms with Gasteiger partial charge in [-0.05, 0) is 40.7 Å². The molecular weight excluding hydrogens is 200 g/mol. The van der Waals surface area contributed by atoms with Crippen molar-refractivity contribution in [3.8, 4) is 0 Å². The molecule has 1 heterocycles. The van der Waals surface area contributed by atoms with Gasteiger partial charge in [-0.2, -0.15) is 0 Å². The number of rotatable bonds is 2. The van der Waals surface area contributed by atoms with Crippen LogP contribution in [0.5, 0.6) is 0 Å². The molecule has 4 nitrogen and oxygen atoms in total. The van der Waals surface area contributed by atoms with E-state index in [1.807, 2.05) is 6.92 Å². The predicted molar refractivity (Wildman–Crippen MR) is 57.7 cm³/mol. The summed E-state index contributed by atoms with van der Waals surface area (Å²) in [6.07, 6.45) is 0.850. The Kier molecular flexibility index (Phi) is 2.96. The Morgan fingerprint density at radius 3 is 2.29 bits per heavy atom. The quantitative estimate of drug-likeness (QED) is 0.710. The first-order chi connectivity index (χ1) is 6.16. The van der Waals surface area contributed by atoms with Crippen molar-refractivity contribution in [2.45, 2.75) is 44.4 Å². The summed E-state index contributed by atoms with van der Waals surface area (Å²) in [5.41, 5.74) is -0.313. The highest BCUT2D eigenvalue weighted by molar-refractivity contribution is 7.90. The van der Waals surface area contributed by atoms with Crippen LogP contribution < -0.4 is 10.0 Å². The first-order valence-corrected chi connectivity index (χ1v) is 6.39. The van der Waals surface area contributed by atoms with Gasteiger partial charge in [-0.3, -0.25) is 0 Å². The average molecular weight is 220 g/mol. The van der Waals surface area contributed by atoms with Crippen LogP contribution in [-0.4, -0.2) is 31.8 Å². The number of hydrogen-bond donors (Lipinski definition) is 2. The van der Waals surface area contributed by atoms with Crippen molar-refractivity contribution in [1.29, 1.82) is 0 Å². The number of sulfonamides is 1. The Labute approximate surface area is 86.5 Å². The highest BCUT2D eigenvalue weighted by Crippen LogP contribution is 2.20. The topological polar surface area (TPSA) is 58.2 Å². The van der Waals surface area contributed by atoms with Gasteiger partial charge < -0.3 is 5.32 Å². The monoisotopic (exact) mass is 220 g/mol. The number of nitrogens with one attached hydrogen (secondary N) is 2. The zero-order valence-electron chi connectivity index (χ0n) is 9.35. The maximum Gasteiger partial charge on any atom is 0.217 e. The van der Waals surface area contributed by atoms with E-state index < -0.39 is 14.8 Å². The lowest BCUT2D eigenvalue weighted by atomic mass is 10.0. The van der Waals surface area contributed by atoms with Crippen molar-refractivity contribution >= 4 is 10.0 Å². The largest absolute Gasteiger partial charge is 0.315 e. The van der Waals surface area contributed by atoms with Crippen LogP contribution in [0.4, 0.5) is 0 Å². The molecule has 0 aromatic carbocycles. The average Bonchev–Trinajstić information content (AvgIpc) is 2.31. The summed E-state index contributed by atoms with van der Waals surface area (Å²) >= 11 is 0. The molecule has 0 spiro atoms. The van der Waals surface area contributed by atoms with E-state index in [-0.39, 0.29) is 5.54 Å². The van der Waals surface area contributed by atoms with Crippen LogP contribution in [-0.2, 0) is 10.0 Å². The molecule has 0 aliphatic carbocycles. The molecule has 14 heavy (non-hydrogen) atoms. The van der Waals surface area contributed by atoms with E-state index in [2.05, 4.69) is 10.0 Å². The summed E-state index contributed by atoms with van der Waals surface area (Å²) in [6, 6.07) is 0. The van der Waals surface area contributed by atoms with Crippen LogP contribution >= 0.6 is 0 Å². The van der Waals surface area contributed by atoms with Crippen molar-refractivity contribution in [3.05, 3.63) is 0 Å². The van der Waals surface area contributed by atoms with Gasteiger partial charge in [0.15, 0.2) is 0 Å². The van der Waals surface area contributed by atoms with Gasteiger partial charge in [-0.1, -0.05) is 0 Å². The normalized spacial score (nSPS) is 29.4. The molecule has 1 rings (SSSR count). The highest BCUT2D eigenvalue weighted by Gasteiger charge is 2.38. The van der Waals surface area contributed by atoms with Gasteiger partial charge in [-0.15, -0.1) is 0 Å². The van der Waals surface area contributed by atoms with E-state index in [1.54, 1.807) is 20.8 Å². The molecule has 1 fully saturated rings. The summed E-state index contributed by atoms with van der Waals surface area (Å²) < 4.78 is 25.8. The van der Waals surface area contributed by atoms with Crippen molar-refractivity contribution < 1.29 is 8.42 Å². The summed E-state index contributed by atoms with van der Waals surface area (Å²) in [5, 5.41) is 3.16. The maximum atomic E-state index is 11.9. The van der Waals surface area contributed by atoms with Gasteiger partial charge in [-0.25, -0.2) is 13.1 Å². The molecule has 5 heteroatoms. The molecule has 84 valence electrons. The molecule has 1 aliphatic rings. The van der Waals surface area contributed by atoms with Crippen molar-refractivity contribution in [2.75, 3.05) is 13.1 Å². The summed E-state index contributed by atoms with van der Waals surface area (Å²) in [6.45, 7) is 8.66. The second kappa shape index (κ2) is 3.47. The number of hydrogen-bond acceptors (Lipinski definition) is 3. The minimum absolute atomic E-state index is 0.313. The van der Waals surface area contributed by atoms with Crippen LogP contribution in [0.3, 0.4) is 0 Å². The molecule has 0 radical (unpaired) electrons. The molecule has 0 saturated carbocycles. The van der Waals surface area contributed by atoms with E-state index in [4.69, 9.17) is 0 Å². The van der Waals surface area contributed by atoms with Crippen molar-refractivity contribution in [3.63, 3.8) is 0 Å². The smallest absolute Gasteiger partial charge is 0.217 e. The molecular formula is C9H20N2O2S. The second-order valence-corrected chi connectivity index (χ2v) is 7.64. The predicted octanol–water partition coefficient (Wildman–Crippen LogP) is 0.456. The first kappa shape index (κ1) is 11.9. The fourth-order valence-electron chi connectivity index (χ4n) is 1.38. The van der Waals surface area contributed by atoms with Gasteiger partial charge in [0, 0.05) is 12.1 Å². The van der Waals surface area contributed by atoms with Crippen LogP contribution in [0.2, 0.25) is 0 Å². The Balaban J connectivity index is 2.78. The molecule has 1 atom stereocenters. The van der Waals surface area contributed by atoms with E-state index in [0.717, 1.165) is 13.0 Å². The summed E-state index contributed by atoms with van der Waals surface area (Å²) in [4.78, 5) is 0. The lowest BCUT2D eigenvalue weighted by Gasteiger charge is -2.29. The highest BCUT2D eigenvalue weighted by atomic mass is 32.2. The lowest BCUT2D eigenvalue weighted by Crippen LogP contribution is -2.52. The van der Waals surface area contributed by atoms with Crippen LogP contribution in [0.15, 0.2) is 0 Å². The van der Waals surface area contributed by atoms with E-state index in [0.29, 0.717) is 6.54 Å². The third-order valence-corrected chi connectivity index (χ3v) is 4.93. The molecule has 0 bridgehead atoms. The van der Waals surface area contributed by atoms with Crippen LogP contribution in [0.1, 0.15) is 34.1 Å². The van der Waals surface area contributed by atoms with E-state index in [9.17, 15) is 8.42 Å². The minimum Gasteiger partial charge on any atom is -0.315 e. The van der Waals surface area contributed by atoms with Crippen molar-refractivity contribution in [1.82, 2.24) is 10.0 Å². The molecule has 1 saturated heterocycles. The third-order valence-electron chi connectivity index (χ3n) is 2.56. The summed E-state index contributed by atoms with van der Waals surface area (Å²) in [5.74, 6) is 0. The first-order valence-electron chi connectivity index (χ1n) is 4.91.